The van der Waals surface area contributed by atoms with Gasteiger partial charge in [-0.05, 0) is 36.4 Å². The van der Waals surface area contributed by atoms with Gasteiger partial charge >= 0.3 is 6.03 Å². The van der Waals surface area contributed by atoms with E-state index in [-0.39, 0.29) is 5.56 Å². The van der Waals surface area contributed by atoms with Crippen LogP contribution in [0.3, 0.4) is 0 Å². The molecule has 102 valence electrons. The molecule has 0 fully saturated rings. The first-order chi connectivity index (χ1) is 9.56. The lowest BCUT2D eigenvalue weighted by molar-refractivity contribution is 0.0963. The first kappa shape index (κ1) is 14.0. The van der Waals surface area contributed by atoms with Gasteiger partial charge in [-0.3, -0.25) is 10.1 Å². The number of hydrogen-bond donors (Lipinski definition) is 2. The van der Waals surface area contributed by atoms with Crippen LogP contribution >= 0.6 is 11.6 Å². The molecule has 0 aliphatic carbocycles. The normalized spacial score (nSPS) is 9.90. The molecule has 0 radical (unpaired) electrons. The lowest BCUT2D eigenvalue weighted by Crippen LogP contribution is -2.34. The van der Waals surface area contributed by atoms with E-state index in [1.807, 2.05) is 5.32 Å². The molecule has 3 amide bonds. The summed E-state index contributed by atoms with van der Waals surface area (Å²) in [5.41, 5.74) is 0.270. The lowest BCUT2D eigenvalue weighted by Gasteiger charge is -2.07. The molecule has 4 nitrogen and oxygen atoms in total. The predicted octanol–water partition coefficient (Wildman–Crippen LogP) is 3.44. The molecule has 0 atom stereocenters. The average molecular weight is 293 g/mol. The van der Waals surface area contributed by atoms with Crippen molar-refractivity contribution in [3.63, 3.8) is 0 Å². The Morgan fingerprint density at radius 3 is 2.30 bits per heavy atom. The Morgan fingerprint density at radius 2 is 1.65 bits per heavy atom. The Labute approximate surface area is 119 Å². The summed E-state index contributed by atoms with van der Waals surface area (Å²) in [6.45, 7) is 0. The van der Waals surface area contributed by atoms with Crippen LogP contribution in [0.4, 0.5) is 14.9 Å². The van der Waals surface area contributed by atoms with E-state index in [0.29, 0.717) is 10.7 Å². The topological polar surface area (TPSA) is 58.2 Å². The fourth-order valence-corrected chi connectivity index (χ4v) is 1.64. The number of benzene rings is 2. The number of halogens is 2. The molecule has 0 spiro atoms. The van der Waals surface area contributed by atoms with Crippen molar-refractivity contribution in [2.75, 3.05) is 5.32 Å². The molecule has 2 aromatic rings. The third-order valence-corrected chi connectivity index (χ3v) is 2.70. The van der Waals surface area contributed by atoms with E-state index in [2.05, 4.69) is 5.32 Å². The molecule has 0 saturated heterocycles. The van der Waals surface area contributed by atoms with Gasteiger partial charge in [-0.25, -0.2) is 9.18 Å². The van der Waals surface area contributed by atoms with Crippen LogP contribution < -0.4 is 10.6 Å². The smallest absolute Gasteiger partial charge is 0.308 e. The standard InChI is InChI=1S/C14H10ClFN2O2/c15-9-5-7-10(8-6-9)17-14(20)18-13(19)11-3-1-2-4-12(11)16/h1-8H,(H2,17,18,19,20). The summed E-state index contributed by atoms with van der Waals surface area (Å²) in [5.74, 6) is -1.50. The van der Waals surface area contributed by atoms with Gasteiger partial charge < -0.3 is 5.32 Å². The number of nitrogens with one attached hydrogen (secondary N) is 2. The fourth-order valence-electron chi connectivity index (χ4n) is 1.51. The van der Waals surface area contributed by atoms with Crippen molar-refractivity contribution in [2.45, 2.75) is 0 Å². The van der Waals surface area contributed by atoms with Crippen LogP contribution in [0.2, 0.25) is 5.02 Å². The quantitative estimate of drug-likeness (QED) is 0.891. The third kappa shape index (κ3) is 3.55. The Kier molecular flexibility index (Phi) is 4.32. The Morgan fingerprint density at radius 1 is 1.00 bits per heavy atom. The summed E-state index contributed by atoms with van der Waals surface area (Å²) in [6.07, 6.45) is 0. The van der Waals surface area contributed by atoms with Gasteiger partial charge in [0.1, 0.15) is 5.82 Å². The van der Waals surface area contributed by atoms with Gasteiger partial charge in [0.25, 0.3) is 5.91 Å². The molecule has 0 unspecified atom stereocenters. The number of rotatable bonds is 2. The molecule has 0 aliphatic rings. The molecule has 0 saturated carbocycles. The number of anilines is 1. The van der Waals surface area contributed by atoms with Gasteiger partial charge in [-0.1, -0.05) is 23.7 Å². The fraction of sp³-hybridized carbons (Fsp3) is 0. The molecule has 6 heteroatoms. The summed E-state index contributed by atoms with van der Waals surface area (Å²) in [7, 11) is 0. The predicted molar refractivity (Wildman–Crippen MR) is 74.3 cm³/mol. The van der Waals surface area contributed by atoms with E-state index in [1.165, 1.54) is 18.2 Å². The maximum atomic E-state index is 13.4. The molecule has 0 aromatic heterocycles. The number of carbonyl (C=O) groups excluding carboxylic acids is 2. The van der Waals surface area contributed by atoms with Crippen molar-refractivity contribution >= 4 is 29.2 Å². The van der Waals surface area contributed by atoms with E-state index in [1.54, 1.807) is 24.3 Å². The average Bonchev–Trinajstić information content (AvgIpc) is 2.41. The number of carbonyl (C=O) groups is 2. The summed E-state index contributed by atoms with van der Waals surface area (Å²) < 4.78 is 13.4. The SMILES string of the molecule is O=C(NC(=O)c1ccccc1F)Nc1ccc(Cl)cc1. The van der Waals surface area contributed by atoms with Crippen LogP contribution in [0.25, 0.3) is 0 Å². The van der Waals surface area contributed by atoms with Crippen molar-refractivity contribution in [1.29, 1.82) is 0 Å². The number of imide groups is 1. The van der Waals surface area contributed by atoms with Crippen molar-refractivity contribution in [3.05, 3.63) is 64.9 Å². The maximum absolute atomic E-state index is 13.4. The van der Waals surface area contributed by atoms with Crippen LogP contribution in [0.15, 0.2) is 48.5 Å². The van der Waals surface area contributed by atoms with Gasteiger partial charge in [0.15, 0.2) is 0 Å². The first-order valence-corrected chi connectivity index (χ1v) is 6.06. The van der Waals surface area contributed by atoms with Crippen molar-refractivity contribution in [3.8, 4) is 0 Å². The number of urea groups is 1. The van der Waals surface area contributed by atoms with Crippen LogP contribution in [-0.4, -0.2) is 11.9 Å². The highest BCUT2D eigenvalue weighted by molar-refractivity contribution is 6.30. The zero-order valence-corrected chi connectivity index (χ0v) is 10.9. The van der Waals surface area contributed by atoms with Crippen molar-refractivity contribution in [1.82, 2.24) is 5.32 Å². The van der Waals surface area contributed by atoms with Gasteiger partial charge in [0, 0.05) is 10.7 Å². The summed E-state index contributed by atoms with van der Waals surface area (Å²) in [6, 6.07) is 11.0. The van der Waals surface area contributed by atoms with E-state index in [9.17, 15) is 14.0 Å². The monoisotopic (exact) mass is 292 g/mol. The third-order valence-electron chi connectivity index (χ3n) is 2.45. The molecule has 2 rings (SSSR count). The largest absolute Gasteiger partial charge is 0.326 e. The highest BCUT2D eigenvalue weighted by atomic mass is 35.5. The minimum Gasteiger partial charge on any atom is -0.308 e. The summed E-state index contributed by atoms with van der Waals surface area (Å²) in [5, 5.41) is 5.00. The van der Waals surface area contributed by atoms with Crippen LogP contribution in [0.5, 0.6) is 0 Å². The second-order valence-corrected chi connectivity index (χ2v) is 4.33. The van der Waals surface area contributed by atoms with Crippen molar-refractivity contribution < 1.29 is 14.0 Å². The molecular formula is C14H10ClFN2O2. The van der Waals surface area contributed by atoms with E-state index in [4.69, 9.17) is 11.6 Å². The Bertz CT molecular complexity index is 644. The zero-order chi connectivity index (χ0) is 14.5. The van der Waals surface area contributed by atoms with E-state index < -0.39 is 17.8 Å². The zero-order valence-electron chi connectivity index (χ0n) is 10.2. The van der Waals surface area contributed by atoms with Gasteiger partial charge in [0.05, 0.1) is 5.56 Å². The van der Waals surface area contributed by atoms with Crippen molar-refractivity contribution in [2.24, 2.45) is 0 Å². The van der Waals surface area contributed by atoms with Crippen LogP contribution in [0.1, 0.15) is 10.4 Å². The van der Waals surface area contributed by atoms with Gasteiger partial charge in [-0.15, -0.1) is 0 Å². The molecule has 0 heterocycles. The molecule has 20 heavy (non-hydrogen) atoms. The molecule has 0 aliphatic heterocycles. The van der Waals surface area contributed by atoms with E-state index >= 15 is 0 Å². The van der Waals surface area contributed by atoms with Crippen LogP contribution in [-0.2, 0) is 0 Å². The molecular weight excluding hydrogens is 283 g/mol. The van der Waals surface area contributed by atoms with Crippen LogP contribution in [0, 0.1) is 5.82 Å². The summed E-state index contributed by atoms with van der Waals surface area (Å²) in [4.78, 5) is 23.3. The lowest BCUT2D eigenvalue weighted by atomic mass is 10.2. The minimum atomic E-state index is -0.811. The Hall–Kier alpha value is -2.40. The van der Waals surface area contributed by atoms with E-state index in [0.717, 1.165) is 6.07 Å². The molecule has 2 N–H and O–H groups in total. The highest BCUT2D eigenvalue weighted by Crippen LogP contribution is 2.13. The Balaban J connectivity index is 2.00. The number of hydrogen-bond acceptors (Lipinski definition) is 2. The van der Waals surface area contributed by atoms with Gasteiger partial charge in [-0.2, -0.15) is 0 Å². The maximum Gasteiger partial charge on any atom is 0.326 e. The molecule has 2 aromatic carbocycles. The highest BCUT2D eigenvalue weighted by Gasteiger charge is 2.13. The minimum absolute atomic E-state index is 0.196. The first-order valence-electron chi connectivity index (χ1n) is 5.68. The summed E-state index contributed by atoms with van der Waals surface area (Å²) >= 11 is 5.71. The second kappa shape index (κ2) is 6.16. The van der Waals surface area contributed by atoms with Gasteiger partial charge in [0.2, 0.25) is 0 Å². The second-order valence-electron chi connectivity index (χ2n) is 3.89. The number of amides is 3. The molecule has 0 bridgehead atoms.